The Hall–Kier alpha value is -1.86. The summed E-state index contributed by atoms with van der Waals surface area (Å²) in [5, 5.41) is 11.1. The van der Waals surface area contributed by atoms with Gasteiger partial charge in [-0.25, -0.2) is 0 Å². The van der Waals surface area contributed by atoms with Gasteiger partial charge < -0.3 is 9.30 Å². The summed E-state index contributed by atoms with van der Waals surface area (Å²) in [5.74, 6) is -0.0145. The highest BCUT2D eigenvalue weighted by atomic mass is 79.9. The summed E-state index contributed by atoms with van der Waals surface area (Å²) in [4.78, 5) is 11.5. The maximum absolute atomic E-state index is 11.5. The Morgan fingerprint density at radius 3 is 2.83 bits per heavy atom. The van der Waals surface area contributed by atoms with Crippen molar-refractivity contribution in [3.63, 3.8) is 0 Å². The first-order chi connectivity index (χ1) is 11.7. The van der Waals surface area contributed by atoms with E-state index in [2.05, 4.69) is 44.3 Å². The molecule has 0 fully saturated rings. The lowest BCUT2D eigenvalue weighted by Gasteiger charge is -2.10. The number of rotatable bonds is 6. The smallest absolute Gasteiger partial charge is 0.316 e. The van der Waals surface area contributed by atoms with Crippen molar-refractivity contribution >= 4 is 44.4 Å². The van der Waals surface area contributed by atoms with Gasteiger partial charge in [0.25, 0.3) is 0 Å². The SMILES string of the molecule is CCOC(=O)CSc1nncn1Cc1ccc(Br)c2ccccc12. The topological polar surface area (TPSA) is 57.0 Å². The molecular formula is C17H16BrN3O2S. The number of carbonyl (C=O) groups excluding carboxylic acids is 1. The molecular weight excluding hydrogens is 390 g/mol. The molecule has 0 N–H and O–H groups in total. The number of carbonyl (C=O) groups is 1. The zero-order valence-corrected chi connectivity index (χ0v) is 15.5. The van der Waals surface area contributed by atoms with Crippen molar-refractivity contribution in [1.82, 2.24) is 14.8 Å². The van der Waals surface area contributed by atoms with E-state index in [1.54, 1.807) is 13.3 Å². The van der Waals surface area contributed by atoms with Crippen molar-refractivity contribution < 1.29 is 9.53 Å². The number of fused-ring (bicyclic) bond motifs is 1. The van der Waals surface area contributed by atoms with Crippen molar-refractivity contribution in [2.45, 2.75) is 18.6 Å². The minimum absolute atomic E-state index is 0.230. The van der Waals surface area contributed by atoms with Gasteiger partial charge in [-0.05, 0) is 29.3 Å². The van der Waals surface area contributed by atoms with Gasteiger partial charge in [0.05, 0.1) is 18.9 Å². The number of hydrogen-bond acceptors (Lipinski definition) is 5. The molecule has 3 rings (SSSR count). The Balaban J connectivity index is 1.82. The molecule has 0 radical (unpaired) electrons. The van der Waals surface area contributed by atoms with Gasteiger partial charge in [-0.1, -0.05) is 58.0 Å². The maximum Gasteiger partial charge on any atom is 0.316 e. The van der Waals surface area contributed by atoms with E-state index in [0.29, 0.717) is 18.3 Å². The molecule has 0 bridgehead atoms. The normalized spacial score (nSPS) is 10.9. The summed E-state index contributed by atoms with van der Waals surface area (Å²) < 4.78 is 7.96. The van der Waals surface area contributed by atoms with Crippen LogP contribution in [0.15, 0.2) is 52.4 Å². The van der Waals surface area contributed by atoms with Crippen LogP contribution in [0.1, 0.15) is 12.5 Å². The second-order valence-electron chi connectivity index (χ2n) is 5.09. The van der Waals surface area contributed by atoms with Crippen LogP contribution in [0.4, 0.5) is 0 Å². The third kappa shape index (κ3) is 3.79. The summed E-state index contributed by atoms with van der Waals surface area (Å²) in [6.45, 7) is 2.83. The number of ether oxygens (including phenoxy) is 1. The van der Waals surface area contributed by atoms with Crippen LogP contribution in [0.5, 0.6) is 0 Å². The number of thioether (sulfide) groups is 1. The van der Waals surface area contributed by atoms with Gasteiger partial charge in [-0.2, -0.15) is 0 Å². The molecule has 0 saturated heterocycles. The first kappa shape index (κ1) is 17.0. The van der Waals surface area contributed by atoms with Crippen LogP contribution in [-0.2, 0) is 16.1 Å². The van der Waals surface area contributed by atoms with Crippen LogP contribution in [0.3, 0.4) is 0 Å². The summed E-state index contributed by atoms with van der Waals surface area (Å²) in [5.41, 5.74) is 1.17. The molecule has 3 aromatic rings. The molecule has 0 aliphatic carbocycles. The fourth-order valence-corrected chi connectivity index (χ4v) is 3.63. The van der Waals surface area contributed by atoms with Crippen LogP contribution < -0.4 is 0 Å². The van der Waals surface area contributed by atoms with Gasteiger partial charge in [0.2, 0.25) is 0 Å². The highest BCUT2D eigenvalue weighted by Gasteiger charge is 2.11. The third-order valence-electron chi connectivity index (χ3n) is 3.51. The second-order valence-corrected chi connectivity index (χ2v) is 6.88. The van der Waals surface area contributed by atoms with E-state index < -0.39 is 0 Å². The van der Waals surface area contributed by atoms with Gasteiger partial charge in [0, 0.05) is 4.47 Å². The van der Waals surface area contributed by atoms with E-state index in [9.17, 15) is 4.79 Å². The summed E-state index contributed by atoms with van der Waals surface area (Å²) in [7, 11) is 0. The van der Waals surface area contributed by atoms with Gasteiger partial charge in [0.1, 0.15) is 6.33 Å². The Labute approximate surface area is 152 Å². The molecule has 0 unspecified atom stereocenters. The fraction of sp³-hybridized carbons (Fsp3) is 0.235. The minimum Gasteiger partial charge on any atom is -0.465 e. The Morgan fingerprint density at radius 2 is 2.04 bits per heavy atom. The highest BCUT2D eigenvalue weighted by Crippen LogP contribution is 2.28. The molecule has 2 aromatic carbocycles. The van der Waals surface area contributed by atoms with Gasteiger partial charge in [0.15, 0.2) is 5.16 Å². The van der Waals surface area contributed by atoms with E-state index in [1.807, 2.05) is 22.8 Å². The standard InChI is InChI=1S/C17H16BrN3O2S/c1-2-23-16(22)10-24-17-20-19-11-21(17)9-12-7-8-15(18)14-6-4-3-5-13(12)14/h3-8,11H,2,9-10H2,1H3. The van der Waals surface area contributed by atoms with Crippen molar-refractivity contribution in [2.24, 2.45) is 0 Å². The zero-order chi connectivity index (χ0) is 16.9. The molecule has 0 aliphatic rings. The maximum atomic E-state index is 11.5. The van der Waals surface area contributed by atoms with Crippen molar-refractivity contribution in [3.05, 3.63) is 52.8 Å². The minimum atomic E-state index is -0.244. The zero-order valence-electron chi connectivity index (χ0n) is 13.1. The molecule has 1 heterocycles. The highest BCUT2D eigenvalue weighted by molar-refractivity contribution is 9.10. The summed E-state index contributed by atoms with van der Waals surface area (Å²) in [6, 6.07) is 12.4. The monoisotopic (exact) mass is 405 g/mol. The molecule has 7 heteroatoms. The number of halogens is 1. The van der Waals surface area contributed by atoms with Crippen molar-refractivity contribution in [2.75, 3.05) is 12.4 Å². The molecule has 1 aromatic heterocycles. The molecule has 0 saturated carbocycles. The molecule has 0 aliphatic heterocycles. The number of esters is 1. The van der Waals surface area contributed by atoms with E-state index >= 15 is 0 Å². The first-order valence-corrected chi connectivity index (χ1v) is 9.29. The quantitative estimate of drug-likeness (QED) is 0.459. The average molecular weight is 406 g/mol. The number of aromatic nitrogens is 3. The number of nitrogens with zero attached hydrogens (tertiary/aromatic N) is 3. The van der Waals surface area contributed by atoms with Crippen LogP contribution >= 0.6 is 27.7 Å². The van der Waals surface area contributed by atoms with E-state index in [4.69, 9.17) is 4.74 Å². The average Bonchev–Trinajstić information content (AvgIpc) is 3.03. The predicted molar refractivity (Wildman–Crippen MR) is 98.1 cm³/mol. The van der Waals surface area contributed by atoms with Crippen LogP contribution in [-0.4, -0.2) is 33.1 Å². The van der Waals surface area contributed by atoms with Crippen LogP contribution in [0.2, 0.25) is 0 Å². The fourth-order valence-electron chi connectivity index (χ4n) is 2.44. The first-order valence-electron chi connectivity index (χ1n) is 7.51. The van der Waals surface area contributed by atoms with Crippen LogP contribution in [0, 0.1) is 0 Å². The van der Waals surface area contributed by atoms with Crippen molar-refractivity contribution in [3.8, 4) is 0 Å². The van der Waals surface area contributed by atoms with E-state index in [-0.39, 0.29) is 11.7 Å². The lowest BCUT2D eigenvalue weighted by atomic mass is 10.0. The van der Waals surface area contributed by atoms with E-state index in [1.165, 1.54) is 28.1 Å². The molecule has 124 valence electrons. The summed E-state index contributed by atoms with van der Waals surface area (Å²) >= 11 is 4.93. The Morgan fingerprint density at radius 1 is 1.25 bits per heavy atom. The van der Waals surface area contributed by atoms with Gasteiger partial charge in [-0.15, -0.1) is 10.2 Å². The number of hydrogen-bond donors (Lipinski definition) is 0. The molecule has 0 amide bonds. The van der Waals surface area contributed by atoms with E-state index in [0.717, 1.165) is 4.47 Å². The number of benzene rings is 2. The molecule has 5 nitrogen and oxygen atoms in total. The van der Waals surface area contributed by atoms with Gasteiger partial charge in [-0.3, -0.25) is 4.79 Å². The predicted octanol–water partition coefficient (Wildman–Crippen LogP) is 3.90. The lowest BCUT2D eigenvalue weighted by molar-refractivity contribution is -0.139. The Bertz CT molecular complexity index is 866. The largest absolute Gasteiger partial charge is 0.465 e. The van der Waals surface area contributed by atoms with Crippen LogP contribution in [0.25, 0.3) is 10.8 Å². The molecule has 24 heavy (non-hydrogen) atoms. The van der Waals surface area contributed by atoms with Gasteiger partial charge >= 0.3 is 5.97 Å². The second kappa shape index (κ2) is 7.81. The van der Waals surface area contributed by atoms with Crippen molar-refractivity contribution in [1.29, 1.82) is 0 Å². The lowest BCUT2D eigenvalue weighted by Crippen LogP contribution is -2.08. The Kier molecular flexibility index (Phi) is 5.52. The molecule has 0 atom stereocenters. The summed E-state index contributed by atoms with van der Waals surface area (Å²) in [6.07, 6.45) is 1.68. The molecule has 0 spiro atoms. The third-order valence-corrected chi connectivity index (χ3v) is 5.15.